The van der Waals surface area contributed by atoms with Crippen molar-refractivity contribution in [2.45, 2.75) is 25.7 Å². The molecular weight excluding hydrogens is 340 g/mol. The number of aromatic nitrogens is 4. The van der Waals surface area contributed by atoms with Crippen LogP contribution in [0.15, 0.2) is 42.7 Å². The molecule has 0 spiro atoms. The van der Waals surface area contributed by atoms with Gasteiger partial charge in [-0.25, -0.2) is 9.97 Å². The molecule has 0 saturated carbocycles. The second-order valence-electron chi connectivity index (χ2n) is 6.88. The summed E-state index contributed by atoms with van der Waals surface area (Å²) >= 11 is 0. The number of piperidine rings is 1. The van der Waals surface area contributed by atoms with Gasteiger partial charge in [0.25, 0.3) is 5.91 Å². The van der Waals surface area contributed by atoms with E-state index >= 15 is 0 Å². The molecule has 3 heterocycles. The maximum Gasteiger partial charge on any atom is 0.257 e. The molecule has 1 saturated heterocycles. The van der Waals surface area contributed by atoms with Crippen LogP contribution in [0.5, 0.6) is 0 Å². The maximum absolute atomic E-state index is 13.0. The zero-order valence-electron chi connectivity index (χ0n) is 15.2. The zero-order valence-corrected chi connectivity index (χ0v) is 15.2. The van der Waals surface area contributed by atoms with Crippen molar-refractivity contribution >= 4 is 11.9 Å². The molecular formula is C20H22N6O. The van der Waals surface area contributed by atoms with Gasteiger partial charge >= 0.3 is 0 Å². The van der Waals surface area contributed by atoms with Gasteiger partial charge in [-0.2, -0.15) is 5.10 Å². The first-order valence-electron chi connectivity index (χ1n) is 9.10. The van der Waals surface area contributed by atoms with Gasteiger partial charge in [-0.05, 0) is 25.3 Å². The van der Waals surface area contributed by atoms with E-state index in [0.717, 1.165) is 36.2 Å². The number of benzene rings is 1. The van der Waals surface area contributed by atoms with E-state index in [4.69, 9.17) is 5.73 Å². The summed E-state index contributed by atoms with van der Waals surface area (Å²) in [5.74, 6) is 0.360. The van der Waals surface area contributed by atoms with Crippen LogP contribution in [0.1, 0.15) is 40.5 Å². The Bertz CT molecular complexity index is 952. The highest BCUT2D eigenvalue weighted by Gasteiger charge is 2.29. The normalized spacial score (nSPS) is 17.1. The van der Waals surface area contributed by atoms with E-state index in [1.807, 2.05) is 29.3 Å². The molecule has 3 N–H and O–H groups in total. The van der Waals surface area contributed by atoms with E-state index in [1.54, 1.807) is 6.92 Å². The van der Waals surface area contributed by atoms with E-state index in [2.05, 4.69) is 32.3 Å². The lowest BCUT2D eigenvalue weighted by Crippen LogP contribution is -2.39. The third kappa shape index (κ3) is 3.40. The summed E-state index contributed by atoms with van der Waals surface area (Å²) in [5, 5.41) is 7.43. The van der Waals surface area contributed by atoms with Crippen LogP contribution in [-0.2, 0) is 0 Å². The van der Waals surface area contributed by atoms with Crippen LogP contribution >= 0.6 is 0 Å². The van der Waals surface area contributed by atoms with Crippen molar-refractivity contribution in [2.75, 3.05) is 18.8 Å². The van der Waals surface area contributed by atoms with Gasteiger partial charge in [0.1, 0.15) is 0 Å². The predicted molar refractivity (Wildman–Crippen MR) is 103 cm³/mol. The molecule has 0 aliphatic carbocycles. The standard InChI is InChI=1S/C20H22N6O/c1-13-16(10-22-20(21)24-13)19(27)26-9-5-8-15(12-26)18-17(11-23-25-18)14-6-3-2-4-7-14/h2-4,6-7,10-11,15H,5,8-9,12H2,1H3,(H,23,25)(H2,21,22,24)/t15-/m1/s1. The molecule has 0 radical (unpaired) electrons. The molecule has 4 rings (SSSR count). The number of H-pyrrole nitrogens is 1. The van der Waals surface area contributed by atoms with E-state index < -0.39 is 0 Å². The number of carbonyl (C=O) groups excluding carboxylic acids is 1. The summed E-state index contributed by atoms with van der Waals surface area (Å²) in [7, 11) is 0. The number of carbonyl (C=O) groups is 1. The first-order valence-corrected chi connectivity index (χ1v) is 9.10. The van der Waals surface area contributed by atoms with Crippen LogP contribution in [0.3, 0.4) is 0 Å². The molecule has 138 valence electrons. The van der Waals surface area contributed by atoms with Crippen molar-refractivity contribution in [3.63, 3.8) is 0 Å². The van der Waals surface area contributed by atoms with Gasteiger partial charge in [0.05, 0.1) is 17.5 Å². The summed E-state index contributed by atoms with van der Waals surface area (Å²) in [6.45, 7) is 3.16. The molecule has 1 aliphatic rings. The van der Waals surface area contributed by atoms with Gasteiger partial charge in [0.15, 0.2) is 0 Å². The average molecular weight is 362 g/mol. The van der Waals surface area contributed by atoms with Gasteiger partial charge in [0, 0.05) is 36.5 Å². The van der Waals surface area contributed by atoms with E-state index in [-0.39, 0.29) is 17.8 Å². The molecule has 1 aromatic carbocycles. The minimum atomic E-state index is -0.0435. The molecule has 7 heteroatoms. The van der Waals surface area contributed by atoms with Gasteiger partial charge in [-0.15, -0.1) is 0 Å². The van der Waals surface area contributed by atoms with Crippen molar-refractivity contribution in [1.82, 2.24) is 25.1 Å². The topological polar surface area (TPSA) is 101 Å². The number of hydrogen-bond acceptors (Lipinski definition) is 5. The molecule has 2 aromatic heterocycles. The fourth-order valence-corrected chi connectivity index (χ4v) is 3.72. The lowest BCUT2D eigenvalue weighted by atomic mass is 9.90. The fourth-order valence-electron chi connectivity index (χ4n) is 3.72. The van der Waals surface area contributed by atoms with E-state index in [0.29, 0.717) is 17.8 Å². The first kappa shape index (κ1) is 17.2. The smallest absolute Gasteiger partial charge is 0.257 e. The SMILES string of the molecule is Cc1nc(N)ncc1C(=O)N1CCC[C@@H](c2[nH]ncc2-c2ccccc2)C1. The highest BCUT2D eigenvalue weighted by atomic mass is 16.2. The van der Waals surface area contributed by atoms with Crippen molar-refractivity contribution in [1.29, 1.82) is 0 Å². The summed E-state index contributed by atoms with van der Waals surface area (Å²) in [5.41, 5.74) is 10.0. The molecule has 3 aromatic rings. The van der Waals surface area contributed by atoms with Gasteiger partial charge in [0.2, 0.25) is 5.95 Å². The quantitative estimate of drug-likeness (QED) is 0.746. The largest absolute Gasteiger partial charge is 0.368 e. The molecule has 1 fully saturated rings. The molecule has 0 unspecified atom stereocenters. The van der Waals surface area contributed by atoms with E-state index in [9.17, 15) is 4.79 Å². The Balaban J connectivity index is 1.57. The Morgan fingerprint density at radius 3 is 2.85 bits per heavy atom. The highest BCUT2D eigenvalue weighted by molar-refractivity contribution is 5.95. The highest BCUT2D eigenvalue weighted by Crippen LogP contribution is 2.33. The zero-order chi connectivity index (χ0) is 18.8. The van der Waals surface area contributed by atoms with Crippen LogP contribution in [0.25, 0.3) is 11.1 Å². The van der Waals surface area contributed by atoms with Crippen LogP contribution in [0.4, 0.5) is 5.95 Å². The number of anilines is 1. The summed E-state index contributed by atoms with van der Waals surface area (Å²) in [6, 6.07) is 10.2. The number of rotatable bonds is 3. The summed E-state index contributed by atoms with van der Waals surface area (Å²) in [4.78, 5) is 23.0. The number of aromatic amines is 1. The number of aryl methyl sites for hydroxylation is 1. The Hall–Kier alpha value is -3.22. The van der Waals surface area contributed by atoms with Crippen LogP contribution < -0.4 is 5.73 Å². The second kappa shape index (κ2) is 7.19. The maximum atomic E-state index is 13.0. The molecule has 1 aliphatic heterocycles. The Kier molecular flexibility index (Phi) is 4.58. The number of nitrogens with two attached hydrogens (primary N) is 1. The van der Waals surface area contributed by atoms with Gasteiger partial charge in [-0.1, -0.05) is 30.3 Å². The Morgan fingerprint density at radius 2 is 2.07 bits per heavy atom. The molecule has 1 amide bonds. The van der Waals surface area contributed by atoms with Crippen molar-refractivity contribution in [3.05, 3.63) is 59.7 Å². The number of likely N-dealkylation sites (tertiary alicyclic amines) is 1. The number of nitrogens with one attached hydrogen (secondary N) is 1. The van der Waals surface area contributed by atoms with Gasteiger partial charge < -0.3 is 10.6 Å². The first-order chi connectivity index (χ1) is 13.1. The lowest BCUT2D eigenvalue weighted by Gasteiger charge is -2.33. The van der Waals surface area contributed by atoms with Crippen LogP contribution in [0.2, 0.25) is 0 Å². The summed E-state index contributed by atoms with van der Waals surface area (Å²) in [6.07, 6.45) is 5.35. The van der Waals surface area contributed by atoms with Crippen molar-refractivity contribution in [2.24, 2.45) is 0 Å². The fraction of sp³-hybridized carbons (Fsp3) is 0.300. The summed E-state index contributed by atoms with van der Waals surface area (Å²) < 4.78 is 0. The third-order valence-electron chi connectivity index (χ3n) is 5.10. The van der Waals surface area contributed by atoms with Gasteiger partial charge in [-0.3, -0.25) is 9.89 Å². The number of nitrogen functional groups attached to an aromatic ring is 1. The van der Waals surface area contributed by atoms with Crippen LogP contribution in [0, 0.1) is 6.92 Å². The molecule has 1 atom stereocenters. The minimum Gasteiger partial charge on any atom is -0.368 e. The predicted octanol–water partition coefficient (Wildman–Crippen LogP) is 2.78. The third-order valence-corrected chi connectivity index (χ3v) is 5.10. The number of hydrogen-bond donors (Lipinski definition) is 2. The molecule has 7 nitrogen and oxygen atoms in total. The Morgan fingerprint density at radius 1 is 1.26 bits per heavy atom. The van der Waals surface area contributed by atoms with E-state index in [1.165, 1.54) is 6.20 Å². The van der Waals surface area contributed by atoms with Crippen molar-refractivity contribution < 1.29 is 4.79 Å². The average Bonchev–Trinajstić information content (AvgIpc) is 3.18. The minimum absolute atomic E-state index is 0.0435. The lowest BCUT2D eigenvalue weighted by molar-refractivity contribution is 0.0704. The monoisotopic (exact) mass is 362 g/mol. The number of amides is 1. The Labute approximate surface area is 157 Å². The second-order valence-corrected chi connectivity index (χ2v) is 6.88. The van der Waals surface area contributed by atoms with Crippen LogP contribution in [-0.4, -0.2) is 44.1 Å². The molecule has 0 bridgehead atoms. The molecule has 27 heavy (non-hydrogen) atoms. The number of nitrogens with zero attached hydrogens (tertiary/aromatic N) is 4. The van der Waals surface area contributed by atoms with Crippen molar-refractivity contribution in [3.8, 4) is 11.1 Å².